The summed E-state index contributed by atoms with van der Waals surface area (Å²) >= 11 is 0. The second-order valence-corrected chi connectivity index (χ2v) is 5.63. The first-order valence-corrected chi connectivity index (χ1v) is 7.58. The Balaban J connectivity index is 2.63. The van der Waals surface area contributed by atoms with Crippen molar-refractivity contribution in [3.8, 4) is 11.5 Å². The van der Waals surface area contributed by atoms with E-state index < -0.39 is 11.4 Å². The number of carbonyl (C=O) groups is 1. The molecule has 1 aliphatic rings. The zero-order valence-corrected chi connectivity index (χ0v) is 13.1. The number of rotatable bonds is 5. The molecule has 0 saturated heterocycles. The van der Waals surface area contributed by atoms with E-state index in [0.717, 1.165) is 36.8 Å². The fraction of sp³-hybridized carbons (Fsp3) is 0.588. The maximum atomic E-state index is 12.0. The number of aliphatic carboxylic acids is 1. The molecule has 1 aliphatic carbocycles. The Morgan fingerprint density at radius 1 is 1.19 bits per heavy atom. The Morgan fingerprint density at radius 3 is 2.33 bits per heavy atom. The van der Waals surface area contributed by atoms with Gasteiger partial charge in [0.2, 0.25) is 0 Å². The molecule has 2 rings (SSSR count). The SMILES string of the molecule is CCc1c(C2(C(=O)O)CCCCC2)ccc(OC)c1OC. The number of benzene rings is 1. The van der Waals surface area contributed by atoms with Crippen LogP contribution in [0.3, 0.4) is 0 Å². The van der Waals surface area contributed by atoms with Gasteiger partial charge >= 0.3 is 5.97 Å². The van der Waals surface area contributed by atoms with Gasteiger partial charge in [0, 0.05) is 5.56 Å². The van der Waals surface area contributed by atoms with Crippen molar-refractivity contribution in [3.63, 3.8) is 0 Å². The molecule has 0 atom stereocenters. The van der Waals surface area contributed by atoms with Crippen LogP contribution in [-0.2, 0) is 16.6 Å². The van der Waals surface area contributed by atoms with Crippen LogP contribution in [0.25, 0.3) is 0 Å². The van der Waals surface area contributed by atoms with Gasteiger partial charge in [0.1, 0.15) is 0 Å². The lowest BCUT2D eigenvalue weighted by molar-refractivity contribution is -0.145. The molecule has 0 heterocycles. The third kappa shape index (κ3) is 2.59. The molecule has 1 fully saturated rings. The van der Waals surface area contributed by atoms with Crippen molar-refractivity contribution in [3.05, 3.63) is 23.3 Å². The molecule has 4 nitrogen and oxygen atoms in total. The second-order valence-electron chi connectivity index (χ2n) is 5.63. The maximum Gasteiger partial charge on any atom is 0.314 e. The third-order valence-corrected chi connectivity index (χ3v) is 4.63. The van der Waals surface area contributed by atoms with Crippen LogP contribution in [0, 0.1) is 0 Å². The lowest BCUT2D eigenvalue weighted by Crippen LogP contribution is -2.38. The molecule has 0 aliphatic heterocycles. The summed E-state index contributed by atoms with van der Waals surface area (Å²) in [7, 11) is 3.21. The average Bonchev–Trinajstić information content (AvgIpc) is 2.53. The van der Waals surface area contributed by atoms with E-state index in [2.05, 4.69) is 0 Å². The highest BCUT2D eigenvalue weighted by atomic mass is 16.5. The van der Waals surface area contributed by atoms with E-state index in [4.69, 9.17) is 9.47 Å². The summed E-state index contributed by atoms with van der Waals surface area (Å²) in [5.41, 5.74) is 1.08. The van der Waals surface area contributed by atoms with E-state index >= 15 is 0 Å². The summed E-state index contributed by atoms with van der Waals surface area (Å²) in [5, 5.41) is 9.88. The first-order chi connectivity index (χ1) is 10.1. The van der Waals surface area contributed by atoms with Crippen LogP contribution in [0.2, 0.25) is 0 Å². The van der Waals surface area contributed by atoms with Crippen LogP contribution in [0.15, 0.2) is 12.1 Å². The van der Waals surface area contributed by atoms with Gasteiger partial charge in [0.15, 0.2) is 11.5 Å². The van der Waals surface area contributed by atoms with Crippen LogP contribution in [-0.4, -0.2) is 25.3 Å². The smallest absolute Gasteiger partial charge is 0.314 e. The van der Waals surface area contributed by atoms with Crippen molar-refractivity contribution < 1.29 is 19.4 Å². The van der Waals surface area contributed by atoms with Crippen LogP contribution in [0.4, 0.5) is 0 Å². The summed E-state index contributed by atoms with van der Waals surface area (Å²) in [6, 6.07) is 3.74. The molecule has 21 heavy (non-hydrogen) atoms. The molecule has 116 valence electrons. The molecular weight excluding hydrogens is 268 g/mol. The molecule has 4 heteroatoms. The average molecular weight is 292 g/mol. The fourth-order valence-corrected chi connectivity index (χ4v) is 3.54. The van der Waals surface area contributed by atoms with Gasteiger partial charge in [-0.1, -0.05) is 32.3 Å². The van der Waals surface area contributed by atoms with Gasteiger partial charge in [-0.25, -0.2) is 0 Å². The topological polar surface area (TPSA) is 55.8 Å². The standard InChI is InChI=1S/C17H24O4/c1-4-12-13(8-9-14(20-2)15(12)21-3)17(16(18)19)10-6-5-7-11-17/h8-9H,4-7,10-11H2,1-3H3,(H,18,19). The summed E-state index contributed by atoms with van der Waals surface area (Å²) in [6.45, 7) is 2.03. The Hall–Kier alpha value is -1.71. The lowest BCUT2D eigenvalue weighted by atomic mass is 9.67. The highest BCUT2D eigenvalue weighted by molar-refractivity contribution is 5.83. The van der Waals surface area contributed by atoms with Gasteiger partial charge < -0.3 is 14.6 Å². The summed E-state index contributed by atoms with van der Waals surface area (Å²) in [4.78, 5) is 12.0. The van der Waals surface area contributed by atoms with Gasteiger partial charge in [0.25, 0.3) is 0 Å². The summed E-state index contributed by atoms with van der Waals surface area (Å²) in [5.74, 6) is 0.613. The van der Waals surface area contributed by atoms with Crippen molar-refractivity contribution in [1.29, 1.82) is 0 Å². The van der Waals surface area contributed by atoms with Crippen molar-refractivity contribution in [1.82, 2.24) is 0 Å². The first kappa shape index (κ1) is 15.7. The number of ether oxygens (including phenoxy) is 2. The van der Waals surface area contributed by atoms with Gasteiger partial charge in [-0.15, -0.1) is 0 Å². The molecule has 0 spiro atoms. The molecule has 0 radical (unpaired) electrons. The van der Waals surface area contributed by atoms with Crippen molar-refractivity contribution in [2.45, 2.75) is 50.9 Å². The van der Waals surface area contributed by atoms with E-state index in [1.807, 2.05) is 19.1 Å². The zero-order valence-electron chi connectivity index (χ0n) is 13.1. The summed E-state index contributed by atoms with van der Waals surface area (Å²) < 4.78 is 10.8. The minimum absolute atomic E-state index is 0.662. The molecule has 1 aromatic carbocycles. The Kier molecular flexibility index (Phi) is 4.76. The number of hydrogen-bond donors (Lipinski definition) is 1. The molecule has 0 aromatic heterocycles. The van der Waals surface area contributed by atoms with Crippen LogP contribution in [0.5, 0.6) is 11.5 Å². The van der Waals surface area contributed by atoms with Crippen LogP contribution >= 0.6 is 0 Å². The van der Waals surface area contributed by atoms with E-state index in [-0.39, 0.29) is 0 Å². The second kappa shape index (κ2) is 6.37. The maximum absolute atomic E-state index is 12.0. The Labute approximate surface area is 126 Å². The Morgan fingerprint density at radius 2 is 1.86 bits per heavy atom. The molecule has 1 saturated carbocycles. The van der Waals surface area contributed by atoms with E-state index in [1.54, 1.807) is 14.2 Å². The molecular formula is C17H24O4. The quantitative estimate of drug-likeness (QED) is 0.901. The molecule has 1 N–H and O–H groups in total. The highest BCUT2D eigenvalue weighted by Gasteiger charge is 2.43. The fourth-order valence-electron chi connectivity index (χ4n) is 3.54. The molecule has 1 aromatic rings. The number of carboxylic acids is 1. The monoisotopic (exact) mass is 292 g/mol. The van der Waals surface area contributed by atoms with Crippen LogP contribution in [0.1, 0.15) is 50.2 Å². The van der Waals surface area contributed by atoms with Gasteiger partial charge in [-0.3, -0.25) is 4.79 Å². The van der Waals surface area contributed by atoms with Crippen molar-refractivity contribution in [2.24, 2.45) is 0 Å². The van der Waals surface area contributed by atoms with E-state index in [0.29, 0.717) is 24.3 Å². The minimum Gasteiger partial charge on any atom is -0.493 e. The lowest BCUT2D eigenvalue weighted by Gasteiger charge is -2.35. The van der Waals surface area contributed by atoms with Gasteiger partial charge in [0.05, 0.1) is 19.6 Å². The van der Waals surface area contributed by atoms with Crippen molar-refractivity contribution in [2.75, 3.05) is 14.2 Å². The molecule has 0 amide bonds. The molecule has 0 unspecified atom stereocenters. The van der Waals surface area contributed by atoms with Gasteiger partial charge in [-0.05, 0) is 30.9 Å². The van der Waals surface area contributed by atoms with Crippen molar-refractivity contribution >= 4 is 5.97 Å². The number of methoxy groups -OCH3 is 2. The summed E-state index contributed by atoms with van der Waals surface area (Å²) in [6.07, 6.45) is 5.16. The normalized spacial score (nSPS) is 17.3. The minimum atomic E-state index is -0.775. The van der Waals surface area contributed by atoms with Crippen LogP contribution < -0.4 is 9.47 Å². The largest absolute Gasteiger partial charge is 0.493 e. The Bertz CT molecular complexity index is 516. The van der Waals surface area contributed by atoms with E-state index in [9.17, 15) is 9.90 Å². The number of carboxylic acid groups (broad SMARTS) is 1. The predicted molar refractivity (Wildman–Crippen MR) is 81.3 cm³/mol. The third-order valence-electron chi connectivity index (χ3n) is 4.63. The highest BCUT2D eigenvalue weighted by Crippen LogP contribution is 2.45. The first-order valence-electron chi connectivity index (χ1n) is 7.58. The zero-order chi connectivity index (χ0) is 15.5. The van der Waals surface area contributed by atoms with Gasteiger partial charge in [-0.2, -0.15) is 0 Å². The number of hydrogen-bond acceptors (Lipinski definition) is 3. The molecule has 0 bridgehead atoms. The predicted octanol–water partition coefficient (Wildman–Crippen LogP) is 3.55. The van der Waals surface area contributed by atoms with E-state index in [1.165, 1.54) is 0 Å².